The van der Waals surface area contributed by atoms with E-state index < -0.39 is 0 Å². The number of aromatic nitrogens is 2. The Hall–Kier alpha value is -2.15. The number of hydrogen-bond donors (Lipinski definition) is 1. The standard InChI is InChI=1S/C15H16N4/c1-2-15(7-8-15)10-17-14-11-5-3-4-6-12(11)18-19-13(14)9-16/h3-6H,2,7-8,10H2,1H3,(H,17,18). The summed E-state index contributed by atoms with van der Waals surface area (Å²) in [5.41, 5.74) is 2.46. The molecular formula is C15H16N4. The molecule has 0 bridgehead atoms. The van der Waals surface area contributed by atoms with E-state index >= 15 is 0 Å². The van der Waals surface area contributed by atoms with Gasteiger partial charge in [-0.2, -0.15) is 5.26 Å². The van der Waals surface area contributed by atoms with Crippen LogP contribution in [-0.4, -0.2) is 16.7 Å². The minimum Gasteiger partial charge on any atom is -0.382 e. The molecule has 0 amide bonds. The van der Waals surface area contributed by atoms with Gasteiger partial charge in [0.15, 0.2) is 5.69 Å². The van der Waals surface area contributed by atoms with Crippen molar-refractivity contribution in [1.29, 1.82) is 5.26 Å². The van der Waals surface area contributed by atoms with Gasteiger partial charge >= 0.3 is 0 Å². The van der Waals surface area contributed by atoms with Crippen molar-refractivity contribution in [2.45, 2.75) is 26.2 Å². The van der Waals surface area contributed by atoms with E-state index in [-0.39, 0.29) is 0 Å². The predicted molar refractivity (Wildman–Crippen MR) is 74.7 cm³/mol. The summed E-state index contributed by atoms with van der Waals surface area (Å²) in [6, 6.07) is 9.92. The summed E-state index contributed by atoms with van der Waals surface area (Å²) < 4.78 is 0. The molecule has 1 aromatic heterocycles. The average Bonchev–Trinajstić information content (AvgIpc) is 3.25. The Balaban J connectivity index is 1.98. The number of rotatable bonds is 4. The number of nitrogens with one attached hydrogen (secondary N) is 1. The van der Waals surface area contributed by atoms with Crippen LogP contribution in [-0.2, 0) is 0 Å². The van der Waals surface area contributed by atoms with Gasteiger partial charge in [-0.3, -0.25) is 0 Å². The first-order valence-electron chi connectivity index (χ1n) is 6.67. The van der Waals surface area contributed by atoms with Crippen LogP contribution < -0.4 is 5.32 Å². The van der Waals surface area contributed by atoms with Gasteiger partial charge in [-0.15, -0.1) is 10.2 Å². The fourth-order valence-electron chi connectivity index (χ4n) is 2.42. The van der Waals surface area contributed by atoms with Crippen LogP contribution in [0.3, 0.4) is 0 Å². The lowest BCUT2D eigenvalue weighted by Crippen LogP contribution is -2.16. The summed E-state index contributed by atoms with van der Waals surface area (Å²) in [6.45, 7) is 3.14. The normalized spacial score (nSPS) is 16.0. The lowest BCUT2D eigenvalue weighted by molar-refractivity contribution is 0.521. The fraction of sp³-hybridized carbons (Fsp3) is 0.400. The molecule has 4 heteroatoms. The lowest BCUT2D eigenvalue weighted by atomic mass is 10.0. The second-order valence-corrected chi connectivity index (χ2v) is 5.26. The highest BCUT2D eigenvalue weighted by Crippen LogP contribution is 2.48. The van der Waals surface area contributed by atoms with Crippen LogP contribution in [0.15, 0.2) is 24.3 Å². The van der Waals surface area contributed by atoms with Crippen molar-refractivity contribution in [1.82, 2.24) is 10.2 Å². The third-order valence-corrected chi connectivity index (χ3v) is 4.12. The number of hydrogen-bond acceptors (Lipinski definition) is 4. The Morgan fingerprint density at radius 2 is 2.11 bits per heavy atom. The maximum Gasteiger partial charge on any atom is 0.186 e. The van der Waals surface area contributed by atoms with Crippen molar-refractivity contribution >= 4 is 16.6 Å². The van der Waals surface area contributed by atoms with Crippen LogP contribution >= 0.6 is 0 Å². The molecule has 1 fully saturated rings. The van der Waals surface area contributed by atoms with E-state index in [0.717, 1.165) is 23.1 Å². The molecular weight excluding hydrogens is 236 g/mol. The molecule has 0 spiro atoms. The number of anilines is 1. The molecule has 4 nitrogen and oxygen atoms in total. The van der Waals surface area contributed by atoms with Crippen LogP contribution in [0, 0.1) is 16.7 Å². The highest BCUT2D eigenvalue weighted by molar-refractivity contribution is 5.92. The van der Waals surface area contributed by atoms with E-state index in [1.165, 1.54) is 19.3 Å². The highest BCUT2D eigenvalue weighted by Gasteiger charge is 2.40. The van der Waals surface area contributed by atoms with Crippen molar-refractivity contribution in [2.75, 3.05) is 11.9 Å². The van der Waals surface area contributed by atoms with Crippen LogP contribution in [0.25, 0.3) is 10.9 Å². The predicted octanol–water partition coefficient (Wildman–Crippen LogP) is 3.10. The molecule has 0 radical (unpaired) electrons. The first-order valence-corrected chi connectivity index (χ1v) is 6.67. The third-order valence-electron chi connectivity index (χ3n) is 4.12. The molecule has 0 unspecified atom stereocenters. The Labute approximate surface area is 112 Å². The second-order valence-electron chi connectivity index (χ2n) is 5.26. The molecule has 19 heavy (non-hydrogen) atoms. The van der Waals surface area contributed by atoms with Gasteiger partial charge in [0.2, 0.25) is 0 Å². The van der Waals surface area contributed by atoms with Gasteiger partial charge in [-0.25, -0.2) is 0 Å². The Kier molecular flexibility index (Phi) is 2.83. The molecule has 1 aliphatic rings. The minimum atomic E-state index is 0.380. The van der Waals surface area contributed by atoms with Crippen LogP contribution in [0.2, 0.25) is 0 Å². The van der Waals surface area contributed by atoms with Crippen LogP contribution in [0.4, 0.5) is 5.69 Å². The smallest absolute Gasteiger partial charge is 0.186 e. The van der Waals surface area contributed by atoms with E-state index in [4.69, 9.17) is 0 Å². The molecule has 0 aliphatic heterocycles. The van der Waals surface area contributed by atoms with E-state index in [1.807, 2.05) is 24.3 Å². The largest absolute Gasteiger partial charge is 0.382 e. The van der Waals surface area contributed by atoms with E-state index in [1.54, 1.807) is 0 Å². The van der Waals surface area contributed by atoms with Crippen LogP contribution in [0.5, 0.6) is 0 Å². The van der Waals surface area contributed by atoms with Gasteiger partial charge in [0.1, 0.15) is 6.07 Å². The minimum absolute atomic E-state index is 0.380. The van der Waals surface area contributed by atoms with E-state index in [9.17, 15) is 5.26 Å². The number of nitriles is 1. The van der Waals surface area contributed by atoms with Gasteiger partial charge in [-0.05, 0) is 30.7 Å². The summed E-state index contributed by atoms with van der Waals surface area (Å²) in [7, 11) is 0. The Morgan fingerprint density at radius 3 is 2.79 bits per heavy atom. The number of benzene rings is 1. The summed E-state index contributed by atoms with van der Waals surface area (Å²) in [6.07, 6.45) is 3.72. The topological polar surface area (TPSA) is 61.6 Å². The molecule has 96 valence electrons. The molecule has 0 atom stereocenters. The fourth-order valence-corrected chi connectivity index (χ4v) is 2.42. The zero-order chi connectivity index (χ0) is 13.3. The summed E-state index contributed by atoms with van der Waals surface area (Å²) in [5.74, 6) is 0. The van der Waals surface area contributed by atoms with Crippen molar-refractivity contribution < 1.29 is 0 Å². The molecule has 1 aromatic carbocycles. The molecule has 0 saturated heterocycles. The third kappa shape index (κ3) is 2.12. The molecule has 1 heterocycles. The molecule has 1 N–H and O–H groups in total. The maximum atomic E-state index is 9.19. The zero-order valence-electron chi connectivity index (χ0n) is 11.0. The summed E-state index contributed by atoms with van der Waals surface area (Å²) >= 11 is 0. The number of fused-ring (bicyclic) bond motifs is 1. The van der Waals surface area contributed by atoms with Gasteiger partial charge in [-0.1, -0.05) is 25.1 Å². The number of nitrogens with zero attached hydrogens (tertiary/aromatic N) is 3. The second kappa shape index (κ2) is 4.51. The Morgan fingerprint density at radius 1 is 1.32 bits per heavy atom. The van der Waals surface area contributed by atoms with Gasteiger partial charge in [0.25, 0.3) is 0 Å². The first-order chi connectivity index (χ1) is 9.28. The van der Waals surface area contributed by atoms with Crippen molar-refractivity contribution in [3.05, 3.63) is 30.0 Å². The monoisotopic (exact) mass is 252 g/mol. The summed E-state index contributed by atoms with van der Waals surface area (Å²) in [5, 5.41) is 21.7. The van der Waals surface area contributed by atoms with E-state index in [0.29, 0.717) is 11.1 Å². The average molecular weight is 252 g/mol. The van der Waals surface area contributed by atoms with Crippen molar-refractivity contribution in [3.63, 3.8) is 0 Å². The molecule has 2 aromatic rings. The molecule has 3 rings (SSSR count). The Bertz CT molecular complexity index is 653. The van der Waals surface area contributed by atoms with Crippen molar-refractivity contribution in [3.8, 4) is 6.07 Å². The van der Waals surface area contributed by atoms with Gasteiger partial charge < -0.3 is 5.32 Å². The SMILES string of the molecule is CCC1(CNc2c(C#N)nnc3ccccc23)CC1. The first kappa shape index (κ1) is 11.9. The quantitative estimate of drug-likeness (QED) is 0.908. The molecule has 1 aliphatic carbocycles. The lowest BCUT2D eigenvalue weighted by Gasteiger charge is -2.16. The van der Waals surface area contributed by atoms with Crippen molar-refractivity contribution in [2.24, 2.45) is 5.41 Å². The maximum absolute atomic E-state index is 9.19. The molecule has 1 saturated carbocycles. The zero-order valence-corrected chi connectivity index (χ0v) is 11.0. The van der Waals surface area contributed by atoms with Crippen LogP contribution in [0.1, 0.15) is 31.9 Å². The highest BCUT2D eigenvalue weighted by atomic mass is 15.1. The summed E-state index contributed by atoms with van der Waals surface area (Å²) in [4.78, 5) is 0. The van der Waals surface area contributed by atoms with Gasteiger partial charge in [0.05, 0.1) is 11.2 Å². The van der Waals surface area contributed by atoms with E-state index in [2.05, 4.69) is 28.5 Å². The van der Waals surface area contributed by atoms with Gasteiger partial charge in [0, 0.05) is 11.9 Å².